The number of benzene rings is 1. The van der Waals surface area contributed by atoms with Crippen LogP contribution in [0.25, 0.3) is 0 Å². The third-order valence-corrected chi connectivity index (χ3v) is 2.29. The summed E-state index contributed by atoms with van der Waals surface area (Å²) in [6, 6.07) is 9.44. The van der Waals surface area contributed by atoms with E-state index >= 15 is 0 Å². The predicted octanol–water partition coefficient (Wildman–Crippen LogP) is 0.909. The van der Waals surface area contributed by atoms with E-state index in [0.717, 1.165) is 5.56 Å². The zero-order valence-electron chi connectivity index (χ0n) is 9.51. The number of amides is 2. The van der Waals surface area contributed by atoms with Gasteiger partial charge in [0.1, 0.15) is 0 Å². The van der Waals surface area contributed by atoms with Crippen molar-refractivity contribution in [1.29, 1.82) is 0 Å². The molecule has 0 unspecified atom stereocenters. The van der Waals surface area contributed by atoms with Gasteiger partial charge in [0, 0.05) is 12.6 Å². The van der Waals surface area contributed by atoms with Crippen LogP contribution in [0.5, 0.6) is 0 Å². The zero-order valence-corrected chi connectivity index (χ0v) is 9.51. The van der Waals surface area contributed by atoms with Gasteiger partial charge in [-0.25, -0.2) is 0 Å². The molecule has 0 saturated heterocycles. The Labute approximate surface area is 95.0 Å². The molecule has 0 atom stereocenters. The first-order valence-electron chi connectivity index (χ1n) is 5.16. The molecule has 0 spiro atoms. The van der Waals surface area contributed by atoms with Gasteiger partial charge in [-0.1, -0.05) is 30.3 Å². The largest absolute Gasteiger partial charge is 0.361 e. The quantitative estimate of drug-likeness (QED) is 0.769. The van der Waals surface area contributed by atoms with E-state index in [4.69, 9.17) is 5.73 Å². The summed E-state index contributed by atoms with van der Waals surface area (Å²) in [5.74, 6) is -1.55. The lowest BCUT2D eigenvalue weighted by atomic mass is 10.2. The first kappa shape index (κ1) is 12.2. The standard InChI is InChI=1S/C12H16N2O2/c1-9(2)14(12(16)11(13)15)8-10-6-4-3-5-7-10/h3-7,9H,8H2,1-2H3,(H2,13,15). The summed E-state index contributed by atoms with van der Waals surface area (Å²) in [6.45, 7) is 4.11. The van der Waals surface area contributed by atoms with E-state index in [2.05, 4.69) is 0 Å². The zero-order chi connectivity index (χ0) is 12.1. The molecule has 0 radical (unpaired) electrons. The number of rotatable bonds is 3. The van der Waals surface area contributed by atoms with Crippen LogP contribution in [0.1, 0.15) is 19.4 Å². The summed E-state index contributed by atoms with van der Waals surface area (Å²) in [4.78, 5) is 23.9. The van der Waals surface area contributed by atoms with Crippen LogP contribution in [0.15, 0.2) is 30.3 Å². The second kappa shape index (κ2) is 5.30. The van der Waals surface area contributed by atoms with E-state index in [1.165, 1.54) is 4.90 Å². The number of carbonyl (C=O) groups excluding carboxylic acids is 2. The van der Waals surface area contributed by atoms with E-state index in [1.54, 1.807) is 0 Å². The van der Waals surface area contributed by atoms with Gasteiger partial charge < -0.3 is 10.6 Å². The van der Waals surface area contributed by atoms with Crippen LogP contribution in [-0.2, 0) is 16.1 Å². The number of carbonyl (C=O) groups is 2. The van der Waals surface area contributed by atoms with Crippen molar-refractivity contribution in [3.05, 3.63) is 35.9 Å². The lowest BCUT2D eigenvalue weighted by Crippen LogP contribution is -2.43. The van der Waals surface area contributed by atoms with E-state index in [1.807, 2.05) is 44.2 Å². The van der Waals surface area contributed by atoms with Gasteiger partial charge in [0.25, 0.3) is 0 Å². The fraction of sp³-hybridized carbons (Fsp3) is 0.333. The summed E-state index contributed by atoms with van der Waals surface area (Å²) in [6.07, 6.45) is 0. The first-order valence-corrected chi connectivity index (χ1v) is 5.16. The van der Waals surface area contributed by atoms with E-state index < -0.39 is 11.8 Å². The van der Waals surface area contributed by atoms with Crippen molar-refractivity contribution in [2.45, 2.75) is 26.4 Å². The highest BCUT2D eigenvalue weighted by Gasteiger charge is 2.21. The van der Waals surface area contributed by atoms with Crippen LogP contribution in [0.4, 0.5) is 0 Å². The molecule has 0 aromatic heterocycles. The normalized spacial score (nSPS) is 10.2. The van der Waals surface area contributed by atoms with Crippen LogP contribution in [-0.4, -0.2) is 22.8 Å². The van der Waals surface area contributed by atoms with Crippen LogP contribution < -0.4 is 5.73 Å². The molecule has 0 fully saturated rings. The third kappa shape index (κ3) is 3.08. The first-order chi connectivity index (χ1) is 7.52. The van der Waals surface area contributed by atoms with Gasteiger partial charge in [-0.3, -0.25) is 9.59 Å². The van der Waals surface area contributed by atoms with Gasteiger partial charge in [-0.05, 0) is 19.4 Å². The molecule has 0 heterocycles. The molecule has 16 heavy (non-hydrogen) atoms. The number of hydrogen-bond acceptors (Lipinski definition) is 2. The van der Waals surface area contributed by atoms with Crippen molar-refractivity contribution in [2.24, 2.45) is 5.73 Å². The average molecular weight is 220 g/mol. The summed E-state index contributed by atoms with van der Waals surface area (Å²) in [5, 5.41) is 0. The van der Waals surface area contributed by atoms with Crippen LogP contribution in [0, 0.1) is 0 Å². The van der Waals surface area contributed by atoms with Gasteiger partial charge in [0.05, 0.1) is 0 Å². The van der Waals surface area contributed by atoms with Gasteiger partial charge in [0.15, 0.2) is 0 Å². The van der Waals surface area contributed by atoms with Crippen LogP contribution >= 0.6 is 0 Å². The SMILES string of the molecule is CC(C)N(Cc1ccccc1)C(=O)C(N)=O. The lowest BCUT2D eigenvalue weighted by Gasteiger charge is -2.25. The molecule has 1 rings (SSSR count). The molecule has 1 aromatic rings. The number of nitrogens with zero attached hydrogens (tertiary/aromatic N) is 1. The average Bonchev–Trinajstić information content (AvgIpc) is 2.26. The second-order valence-electron chi connectivity index (χ2n) is 3.88. The molecule has 4 nitrogen and oxygen atoms in total. The Morgan fingerprint density at radius 2 is 1.81 bits per heavy atom. The smallest absolute Gasteiger partial charge is 0.312 e. The molecule has 0 saturated carbocycles. The van der Waals surface area contributed by atoms with Crippen molar-refractivity contribution in [3.8, 4) is 0 Å². The number of primary amides is 1. The summed E-state index contributed by atoms with van der Waals surface area (Å²) >= 11 is 0. The Morgan fingerprint density at radius 1 is 1.25 bits per heavy atom. The minimum atomic E-state index is -0.912. The maximum atomic E-state index is 11.5. The van der Waals surface area contributed by atoms with Gasteiger partial charge in [-0.15, -0.1) is 0 Å². The molecule has 0 bridgehead atoms. The number of nitrogens with two attached hydrogens (primary N) is 1. The molecule has 0 aliphatic carbocycles. The van der Waals surface area contributed by atoms with Crippen molar-refractivity contribution >= 4 is 11.8 Å². The fourth-order valence-corrected chi connectivity index (χ4v) is 1.41. The molecule has 2 amide bonds. The maximum absolute atomic E-state index is 11.5. The Hall–Kier alpha value is -1.84. The third-order valence-electron chi connectivity index (χ3n) is 2.29. The summed E-state index contributed by atoms with van der Waals surface area (Å²) < 4.78 is 0. The second-order valence-corrected chi connectivity index (χ2v) is 3.88. The topological polar surface area (TPSA) is 63.4 Å². The molecule has 1 aromatic carbocycles. The Kier molecular flexibility index (Phi) is 4.05. The van der Waals surface area contributed by atoms with Crippen LogP contribution in [0.2, 0.25) is 0 Å². The van der Waals surface area contributed by atoms with Crippen molar-refractivity contribution in [3.63, 3.8) is 0 Å². The van der Waals surface area contributed by atoms with Gasteiger partial charge >= 0.3 is 11.8 Å². The van der Waals surface area contributed by atoms with Crippen molar-refractivity contribution in [1.82, 2.24) is 4.90 Å². The maximum Gasteiger partial charge on any atom is 0.312 e. The van der Waals surface area contributed by atoms with Crippen LogP contribution in [0.3, 0.4) is 0 Å². The monoisotopic (exact) mass is 220 g/mol. The minimum absolute atomic E-state index is 0.0554. The molecule has 0 aliphatic heterocycles. The Bertz CT molecular complexity index is 374. The lowest BCUT2D eigenvalue weighted by molar-refractivity contribution is -0.145. The molecule has 86 valence electrons. The van der Waals surface area contributed by atoms with E-state index in [9.17, 15) is 9.59 Å². The highest BCUT2D eigenvalue weighted by molar-refractivity contribution is 6.34. The van der Waals surface area contributed by atoms with Gasteiger partial charge in [-0.2, -0.15) is 0 Å². The molecule has 4 heteroatoms. The summed E-state index contributed by atoms with van der Waals surface area (Å²) in [7, 11) is 0. The molecule has 0 aliphatic rings. The molecule has 2 N–H and O–H groups in total. The number of hydrogen-bond donors (Lipinski definition) is 1. The molecular formula is C12H16N2O2. The van der Waals surface area contributed by atoms with Crippen molar-refractivity contribution in [2.75, 3.05) is 0 Å². The molecular weight excluding hydrogens is 204 g/mol. The highest BCUT2D eigenvalue weighted by atomic mass is 16.2. The van der Waals surface area contributed by atoms with Gasteiger partial charge in [0.2, 0.25) is 0 Å². The predicted molar refractivity (Wildman–Crippen MR) is 61.3 cm³/mol. The van der Waals surface area contributed by atoms with E-state index in [-0.39, 0.29) is 6.04 Å². The van der Waals surface area contributed by atoms with Crippen molar-refractivity contribution < 1.29 is 9.59 Å². The minimum Gasteiger partial charge on any atom is -0.361 e. The highest BCUT2D eigenvalue weighted by Crippen LogP contribution is 2.08. The van der Waals surface area contributed by atoms with E-state index in [0.29, 0.717) is 6.54 Å². The Morgan fingerprint density at radius 3 is 2.25 bits per heavy atom. The summed E-state index contributed by atoms with van der Waals surface area (Å²) in [5.41, 5.74) is 5.98. The Balaban J connectivity index is 2.81. The fourth-order valence-electron chi connectivity index (χ4n) is 1.41.